The fourth-order valence-corrected chi connectivity index (χ4v) is 4.39. The first-order valence-electron chi connectivity index (χ1n) is 11.7. The van der Waals surface area contributed by atoms with Crippen LogP contribution in [0.2, 0.25) is 0 Å². The highest BCUT2D eigenvalue weighted by molar-refractivity contribution is 5.81. The fourth-order valence-electron chi connectivity index (χ4n) is 4.39. The summed E-state index contributed by atoms with van der Waals surface area (Å²) in [5.74, 6) is -1.32. The lowest BCUT2D eigenvalue weighted by molar-refractivity contribution is -0.142. The lowest BCUT2D eigenvalue weighted by Gasteiger charge is -2.25. The molecule has 0 aliphatic heterocycles. The number of hydrogen-bond acceptors (Lipinski definition) is 5. The summed E-state index contributed by atoms with van der Waals surface area (Å²) in [6.45, 7) is 0.216. The molecule has 0 saturated carbocycles. The van der Waals surface area contributed by atoms with E-state index in [0.29, 0.717) is 0 Å². The molecule has 2 amide bonds. The summed E-state index contributed by atoms with van der Waals surface area (Å²) in [6.07, 6.45) is -1.40. The van der Waals surface area contributed by atoms with Gasteiger partial charge in [-0.05, 0) is 34.2 Å². The van der Waals surface area contributed by atoms with Crippen LogP contribution in [0.5, 0.6) is 0 Å². The Kier molecular flexibility index (Phi) is 7.85. The lowest BCUT2D eigenvalue weighted by Crippen LogP contribution is -2.45. The minimum Gasteiger partial charge on any atom is -0.480 e. The molecule has 0 bridgehead atoms. The van der Waals surface area contributed by atoms with Crippen molar-refractivity contribution in [2.75, 3.05) is 20.2 Å². The van der Waals surface area contributed by atoms with E-state index in [-0.39, 0.29) is 32.1 Å². The molecule has 2 N–H and O–H groups in total. The van der Waals surface area contributed by atoms with Gasteiger partial charge in [-0.15, -0.1) is 0 Å². The SMILES string of the molecule is CN(C(=O)OCC1c2ccccc2-c2ccccc21)[C@@H](CCNC(=O)OCc1ccccc1)C(=O)O. The van der Waals surface area contributed by atoms with Crippen molar-refractivity contribution in [2.24, 2.45) is 0 Å². The van der Waals surface area contributed by atoms with Crippen LogP contribution in [-0.4, -0.2) is 54.4 Å². The summed E-state index contributed by atoms with van der Waals surface area (Å²) >= 11 is 0. The Labute approximate surface area is 209 Å². The maximum absolute atomic E-state index is 12.8. The Hall–Kier alpha value is -4.33. The first-order valence-corrected chi connectivity index (χ1v) is 11.7. The molecule has 3 aromatic carbocycles. The number of benzene rings is 3. The third-order valence-corrected chi connectivity index (χ3v) is 6.28. The van der Waals surface area contributed by atoms with E-state index >= 15 is 0 Å². The summed E-state index contributed by atoms with van der Waals surface area (Å²) in [6, 6.07) is 24.0. The van der Waals surface area contributed by atoms with Gasteiger partial charge in [0.15, 0.2) is 0 Å². The van der Waals surface area contributed by atoms with Crippen molar-refractivity contribution in [3.05, 3.63) is 95.6 Å². The zero-order chi connectivity index (χ0) is 25.5. The number of carbonyl (C=O) groups excluding carboxylic acids is 2. The van der Waals surface area contributed by atoms with Gasteiger partial charge in [0.05, 0.1) is 0 Å². The number of ether oxygens (including phenoxy) is 2. The number of carboxylic acids is 1. The second-order valence-electron chi connectivity index (χ2n) is 8.55. The molecule has 8 nitrogen and oxygen atoms in total. The molecule has 0 spiro atoms. The van der Waals surface area contributed by atoms with Gasteiger partial charge >= 0.3 is 18.2 Å². The van der Waals surface area contributed by atoms with Gasteiger partial charge in [0.1, 0.15) is 19.3 Å². The number of carbonyl (C=O) groups is 3. The number of rotatable bonds is 9. The zero-order valence-electron chi connectivity index (χ0n) is 19.9. The number of aliphatic carboxylic acids is 1. The van der Waals surface area contributed by atoms with Crippen LogP contribution < -0.4 is 5.32 Å². The number of amides is 2. The zero-order valence-corrected chi connectivity index (χ0v) is 19.9. The van der Waals surface area contributed by atoms with Crippen LogP contribution in [-0.2, 0) is 20.9 Å². The van der Waals surface area contributed by atoms with E-state index in [1.54, 1.807) is 0 Å². The van der Waals surface area contributed by atoms with Crippen molar-refractivity contribution in [1.82, 2.24) is 10.2 Å². The van der Waals surface area contributed by atoms with Crippen LogP contribution in [0, 0.1) is 0 Å². The molecule has 1 aliphatic carbocycles. The van der Waals surface area contributed by atoms with Gasteiger partial charge in [0.2, 0.25) is 0 Å². The molecule has 8 heteroatoms. The minimum absolute atomic E-state index is 0.00351. The number of likely N-dealkylation sites (N-methyl/N-ethyl adjacent to an activating group) is 1. The van der Waals surface area contributed by atoms with Gasteiger partial charge in [-0.1, -0.05) is 78.9 Å². The second kappa shape index (κ2) is 11.4. The van der Waals surface area contributed by atoms with E-state index in [1.807, 2.05) is 78.9 Å². The third-order valence-electron chi connectivity index (χ3n) is 6.28. The van der Waals surface area contributed by atoms with E-state index in [0.717, 1.165) is 32.7 Å². The third kappa shape index (κ3) is 5.66. The van der Waals surface area contributed by atoms with Crippen molar-refractivity contribution in [2.45, 2.75) is 25.0 Å². The number of nitrogens with one attached hydrogen (secondary N) is 1. The molecule has 186 valence electrons. The quantitative estimate of drug-likeness (QED) is 0.455. The molecule has 0 aromatic heterocycles. The Balaban J connectivity index is 1.29. The maximum Gasteiger partial charge on any atom is 0.410 e. The predicted octanol–water partition coefficient (Wildman–Crippen LogP) is 4.64. The molecule has 0 radical (unpaired) electrons. The van der Waals surface area contributed by atoms with E-state index in [2.05, 4.69) is 5.32 Å². The predicted molar refractivity (Wildman–Crippen MR) is 134 cm³/mol. The number of fused-ring (bicyclic) bond motifs is 3. The average Bonchev–Trinajstić information content (AvgIpc) is 3.22. The van der Waals surface area contributed by atoms with Crippen LogP contribution in [0.15, 0.2) is 78.9 Å². The van der Waals surface area contributed by atoms with Gasteiger partial charge in [0, 0.05) is 19.5 Å². The van der Waals surface area contributed by atoms with E-state index in [1.165, 1.54) is 7.05 Å². The van der Waals surface area contributed by atoms with Crippen LogP contribution in [0.3, 0.4) is 0 Å². The minimum atomic E-state index is -1.19. The number of nitrogens with zero attached hydrogens (tertiary/aromatic N) is 1. The molecular weight excluding hydrogens is 460 g/mol. The number of alkyl carbamates (subject to hydrolysis) is 1. The first-order chi connectivity index (χ1) is 17.5. The summed E-state index contributed by atoms with van der Waals surface area (Å²) in [7, 11) is 1.38. The van der Waals surface area contributed by atoms with Crippen molar-refractivity contribution < 1.29 is 29.0 Å². The molecule has 1 atom stereocenters. The van der Waals surface area contributed by atoms with Crippen molar-refractivity contribution >= 4 is 18.2 Å². The summed E-state index contributed by atoms with van der Waals surface area (Å²) in [4.78, 5) is 37.6. The van der Waals surface area contributed by atoms with Crippen LogP contribution in [0.4, 0.5) is 9.59 Å². The highest BCUT2D eigenvalue weighted by atomic mass is 16.6. The first kappa shape index (κ1) is 24.8. The van der Waals surface area contributed by atoms with E-state index < -0.39 is 24.2 Å². The van der Waals surface area contributed by atoms with E-state index in [9.17, 15) is 19.5 Å². The Morgan fingerprint density at radius 3 is 2.08 bits per heavy atom. The molecule has 0 heterocycles. The topological polar surface area (TPSA) is 105 Å². The molecule has 3 aromatic rings. The van der Waals surface area contributed by atoms with Crippen molar-refractivity contribution in [3.8, 4) is 11.1 Å². The Morgan fingerprint density at radius 2 is 1.47 bits per heavy atom. The fraction of sp³-hybridized carbons (Fsp3) is 0.250. The molecule has 0 unspecified atom stereocenters. The largest absolute Gasteiger partial charge is 0.480 e. The normalized spacial score (nSPS) is 12.7. The molecule has 0 fully saturated rings. The van der Waals surface area contributed by atoms with Gasteiger partial charge in [0.25, 0.3) is 0 Å². The number of carboxylic acid groups (broad SMARTS) is 1. The highest BCUT2D eigenvalue weighted by Crippen LogP contribution is 2.44. The van der Waals surface area contributed by atoms with Gasteiger partial charge in [-0.25, -0.2) is 14.4 Å². The summed E-state index contributed by atoms with van der Waals surface area (Å²) < 4.78 is 10.7. The average molecular weight is 489 g/mol. The molecule has 1 aliphatic rings. The highest BCUT2D eigenvalue weighted by Gasteiger charge is 2.31. The number of hydrogen-bond donors (Lipinski definition) is 2. The van der Waals surface area contributed by atoms with E-state index in [4.69, 9.17) is 9.47 Å². The standard InChI is InChI=1S/C28H28N2O6/c1-30(25(26(31)32)15-16-29-27(33)35-17-19-9-3-2-4-10-19)28(34)36-18-24-22-13-7-5-11-20(22)21-12-6-8-14-23(21)24/h2-14,24-25H,15-18H2,1H3,(H,29,33)(H,31,32)/t25-/m0/s1. The lowest BCUT2D eigenvalue weighted by atomic mass is 9.98. The molecule has 0 saturated heterocycles. The Morgan fingerprint density at radius 1 is 0.889 bits per heavy atom. The monoisotopic (exact) mass is 488 g/mol. The van der Waals surface area contributed by atoms with Gasteiger partial charge < -0.3 is 19.9 Å². The summed E-state index contributed by atoms with van der Waals surface area (Å²) in [5, 5.41) is 12.2. The van der Waals surface area contributed by atoms with Crippen LogP contribution >= 0.6 is 0 Å². The molecular formula is C28H28N2O6. The smallest absolute Gasteiger partial charge is 0.410 e. The van der Waals surface area contributed by atoms with Crippen molar-refractivity contribution in [3.63, 3.8) is 0 Å². The summed E-state index contributed by atoms with van der Waals surface area (Å²) in [5.41, 5.74) is 5.20. The second-order valence-corrected chi connectivity index (χ2v) is 8.55. The van der Waals surface area contributed by atoms with Crippen molar-refractivity contribution in [1.29, 1.82) is 0 Å². The van der Waals surface area contributed by atoms with Crippen LogP contribution in [0.1, 0.15) is 29.0 Å². The van der Waals surface area contributed by atoms with Gasteiger partial charge in [-0.2, -0.15) is 0 Å². The maximum atomic E-state index is 12.8. The van der Waals surface area contributed by atoms with Gasteiger partial charge in [-0.3, -0.25) is 4.90 Å². The molecule has 36 heavy (non-hydrogen) atoms. The van der Waals surface area contributed by atoms with Crippen LogP contribution in [0.25, 0.3) is 11.1 Å². The molecule has 4 rings (SSSR count). The Bertz CT molecular complexity index is 1180.